The van der Waals surface area contributed by atoms with Crippen molar-refractivity contribution in [2.75, 3.05) is 0 Å². The zero-order valence-corrected chi connectivity index (χ0v) is 9.55. The van der Waals surface area contributed by atoms with E-state index in [-0.39, 0.29) is 11.8 Å². The highest BCUT2D eigenvalue weighted by atomic mass is 16.6. The number of carbonyl (C=O) groups excluding carboxylic acids is 2. The fourth-order valence-corrected chi connectivity index (χ4v) is 0.999. The fraction of sp³-hybridized carbons (Fsp3) is 0.818. The molecular formula is C11H20O3. The highest BCUT2D eigenvalue weighted by Crippen LogP contribution is 2.10. The van der Waals surface area contributed by atoms with Crippen molar-refractivity contribution in [2.24, 2.45) is 0 Å². The molecule has 0 amide bonds. The highest BCUT2D eigenvalue weighted by Gasteiger charge is 2.15. The Balaban J connectivity index is 3.60. The van der Waals surface area contributed by atoms with E-state index in [1.807, 2.05) is 27.7 Å². The summed E-state index contributed by atoms with van der Waals surface area (Å²) in [6, 6.07) is 0. The van der Waals surface area contributed by atoms with Crippen LogP contribution in [0.4, 0.5) is 0 Å². The lowest BCUT2D eigenvalue weighted by Gasteiger charge is -2.19. The third kappa shape index (κ3) is 7.77. The maximum atomic E-state index is 11.2. The molecule has 0 aromatic rings. The van der Waals surface area contributed by atoms with Gasteiger partial charge in [-0.2, -0.15) is 0 Å². The van der Waals surface area contributed by atoms with Crippen LogP contribution in [-0.4, -0.2) is 17.4 Å². The van der Waals surface area contributed by atoms with E-state index in [2.05, 4.69) is 0 Å². The van der Waals surface area contributed by atoms with Gasteiger partial charge in [-0.05, 0) is 27.2 Å². The molecule has 0 aromatic carbocycles. The van der Waals surface area contributed by atoms with Gasteiger partial charge in [-0.1, -0.05) is 6.92 Å². The molecule has 0 aromatic heterocycles. The van der Waals surface area contributed by atoms with Gasteiger partial charge < -0.3 is 4.74 Å². The van der Waals surface area contributed by atoms with Crippen LogP contribution in [0.15, 0.2) is 0 Å². The van der Waals surface area contributed by atoms with Crippen LogP contribution in [0.1, 0.15) is 53.4 Å². The summed E-state index contributed by atoms with van der Waals surface area (Å²) in [7, 11) is 0. The number of rotatable bonds is 5. The van der Waals surface area contributed by atoms with Gasteiger partial charge >= 0.3 is 5.97 Å². The van der Waals surface area contributed by atoms with Crippen molar-refractivity contribution in [3.05, 3.63) is 0 Å². The quantitative estimate of drug-likeness (QED) is 0.640. The van der Waals surface area contributed by atoms with Crippen LogP contribution in [-0.2, 0) is 14.3 Å². The monoisotopic (exact) mass is 200 g/mol. The van der Waals surface area contributed by atoms with Gasteiger partial charge in [-0.15, -0.1) is 0 Å². The molecular weight excluding hydrogens is 180 g/mol. The predicted octanol–water partition coefficient (Wildman–Crippen LogP) is 2.48. The highest BCUT2D eigenvalue weighted by molar-refractivity contribution is 5.78. The summed E-state index contributed by atoms with van der Waals surface area (Å²) in [6.45, 7) is 7.34. The normalized spacial score (nSPS) is 11.1. The molecule has 82 valence electrons. The topological polar surface area (TPSA) is 43.4 Å². The standard InChI is InChI=1S/C11H20O3/c1-5-9(12)7-6-8-10(13)14-11(2,3)4/h5-8H2,1-4H3. The number of ether oxygens (including phenoxy) is 1. The summed E-state index contributed by atoms with van der Waals surface area (Å²) in [6.07, 6.45) is 1.97. The van der Waals surface area contributed by atoms with Crippen molar-refractivity contribution in [1.29, 1.82) is 0 Å². The van der Waals surface area contributed by atoms with E-state index in [1.165, 1.54) is 0 Å². The number of ketones is 1. The van der Waals surface area contributed by atoms with E-state index in [4.69, 9.17) is 4.74 Å². The molecule has 3 heteroatoms. The summed E-state index contributed by atoms with van der Waals surface area (Å²) in [5.41, 5.74) is -0.425. The maximum absolute atomic E-state index is 11.2. The first kappa shape index (κ1) is 13.1. The Morgan fingerprint density at radius 1 is 1.14 bits per heavy atom. The van der Waals surface area contributed by atoms with E-state index in [0.717, 1.165) is 0 Å². The number of carbonyl (C=O) groups is 2. The van der Waals surface area contributed by atoms with Crippen molar-refractivity contribution in [3.8, 4) is 0 Å². The average Bonchev–Trinajstić information content (AvgIpc) is 2.00. The van der Waals surface area contributed by atoms with Crippen molar-refractivity contribution >= 4 is 11.8 Å². The van der Waals surface area contributed by atoms with Crippen molar-refractivity contribution in [1.82, 2.24) is 0 Å². The number of esters is 1. The molecule has 0 rings (SSSR count). The van der Waals surface area contributed by atoms with Crippen LogP contribution in [0.25, 0.3) is 0 Å². The van der Waals surface area contributed by atoms with Crippen LogP contribution in [0.2, 0.25) is 0 Å². The Kier molecular flexibility index (Phi) is 5.43. The maximum Gasteiger partial charge on any atom is 0.306 e. The van der Waals surface area contributed by atoms with E-state index in [0.29, 0.717) is 25.7 Å². The molecule has 0 saturated heterocycles. The van der Waals surface area contributed by atoms with Gasteiger partial charge in [0, 0.05) is 19.3 Å². The van der Waals surface area contributed by atoms with Crippen molar-refractivity contribution < 1.29 is 14.3 Å². The SMILES string of the molecule is CCC(=O)CCCC(=O)OC(C)(C)C. The van der Waals surface area contributed by atoms with Crippen molar-refractivity contribution in [3.63, 3.8) is 0 Å². The first-order valence-electron chi connectivity index (χ1n) is 5.08. The van der Waals surface area contributed by atoms with E-state index in [9.17, 15) is 9.59 Å². The summed E-state index contributed by atoms with van der Waals surface area (Å²) < 4.78 is 5.10. The number of Topliss-reactive ketones (excluding diaryl/α,β-unsaturated/α-hetero) is 1. The van der Waals surface area contributed by atoms with E-state index < -0.39 is 5.60 Å². The lowest BCUT2D eigenvalue weighted by atomic mass is 10.1. The molecule has 0 heterocycles. The molecule has 0 radical (unpaired) electrons. The van der Waals surface area contributed by atoms with Crippen LogP contribution in [0, 0.1) is 0 Å². The lowest BCUT2D eigenvalue weighted by Crippen LogP contribution is -2.23. The minimum atomic E-state index is -0.425. The molecule has 0 bridgehead atoms. The molecule has 0 fully saturated rings. The van der Waals surface area contributed by atoms with Gasteiger partial charge in [-0.25, -0.2) is 0 Å². The third-order valence-corrected chi connectivity index (χ3v) is 1.65. The fourth-order valence-electron chi connectivity index (χ4n) is 0.999. The molecule has 0 aliphatic carbocycles. The van der Waals surface area contributed by atoms with Gasteiger partial charge in [-0.3, -0.25) is 9.59 Å². The Hall–Kier alpha value is -0.860. The minimum Gasteiger partial charge on any atom is -0.460 e. The average molecular weight is 200 g/mol. The number of hydrogen-bond acceptors (Lipinski definition) is 3. The Bertz CT molecular complexity index is 201. The number of hydrogen-bond donors (Lipinski definition) is 0. The zero-order chi connectivity index (χ0) is 11.2. The molecule has 0 spiro atoms. The van der Waals surface area contributed by atoms with E-state index >= 15 is 0 Å². The van der Waals surface area contributed by atoms with E-state index in [1.54, 1.807) is 0 Å². The van der Waals surface area contributed by atoms with Crippen LogP contribution in [0.5, 0.6) is 0 Å². The van der Waals surface area contributed by atoms with Gasteiger partial charge in [0.15, 0.2) is 0 Å². The zero-order valence-electron chi connectivity index (χ0n) is 9.55. The summed E-state index contributed by atoms with van der Waals surface area (Å²) in [5, 5.41) is 0. The van der Waals surface area contributed by atoms with Gasteiger partial charge in [0.2, 0.25) is 0 Å². The molecule has 0 N–H and O–H groups in total. The second-order valence-electron chi connectivity index (χ2n) is 4.33. The Morgan fingerprint density at radius 3 is 2.14 bits per heavy atom. The predicted molar refractivity (Wildman–Crippen MR) is 55.0 cm³/mol. The van der Waals surface area contributed by atoms with Crippen LogP contribution < -0.4 is 0 Å². The minimum absolute atomic E-state index is 0.202. The Morgan fingerprint density at radius 2 is 1.71 bits per heavy atom. The van der Waals surface area contributed by atoms with Gasteiger partial charge in [0.1, 0.15) is 11.4 Å². The van der Waals surface area contributed by atoms with Gasteiger partial charge in [0.25, 0.3) is 0 Å². The largest absolute Gasteiger partial charge is 0.460 e. The van der Waals surface area contributed by atoms with Crippen LogP contribution in [0.3, 0.4) is 0 Å². The molecule has 0 aliphatic heterocycles. The van der Waals surface area contributed by atoms with Crippen molar-refractivity contribution in [2.45, 2.75) is 59.0 Å². The molecule has 3 nitrogen and oxygen atoms in total. The first-order chi connectivity index (χ1) is 6.35. The molecule has 0 saturated carbocycles. The summed E-state index contributed by atoms with van der Waals surface area (Å²) >= 11 is 0. The summed E-state index contributed by atoms with van der Waals surface area (Å²) in [5.74, 6) is -0.0186. The molecule has 0 aliphatic rings. The lowest BCUT2D eigenvalue weighted by molar-refractivity contribution is -0.154. The molecule has 0 unspecified atom stereocenters. The first-order valence-corrected chi connectivity index (χ1v) is 5.08. The molecule has 0 atom stereocenters. The van der Waals surface area contributed by atoms with Gasteiger partial charge in [0.05, 0.1) is 0 Å². The second kappa shape index (κ2) is 5.78. The third-order valence-electron chi connectivity index (χ3n) is 1.65. The second-order valence-corrected chi connectivity index (χ2v) is 4.33. The summed E-state index contributed by atoms with van der Waals surface area (Å²) in [4.78, 5) is 22.1. The Labute approximate surface area is 85.8 Å². The smallest absolute Gasteiger partial charge is 0.306 e. The van der Waals surface area contributed by atoms with Crippen LogP contribution >= 0.6 is 0 Å². The molecule has 14 heavy (non-hydrogen) atoms.